The molecule has 12 nitrogen and oxygen atoms in total. The van der Waals surface area contributed by atoms with Crippen LogP contribution in [0.3, 0.4) is 0 Å². The number of piperidine rings is 1. The SMILES string of the molecule is CC(=O)n1ncc2c3c(c(F)cc21)[C@H]1C[C@H]1CCOC(=O)N[C@]1(C)CCCN(C1)c1nc(OC[C@@]24CCCN2C[C@H](F)C4)nc2c(F)c-3ncc12. The number of hydrogen-bond donors (Lipinski definition) is 1. The van der Waals surface area contributed by atoms with Crippen LogP contribution in [-0.2, 0) is 4.74 Å². The second-order valence-corrected chi connectivity index (χ2v) is 15.3. The number of nitrogens with zero attached hydrogens (tertiary/aromatic N) is 7. The molecule has 0 unspecified atom stereocenters. The van der Waals surface area contributed by atoms with Crippen molar-refractivity contribution in [3.8, 4) is 17.3 Å². The van der Waals surface area contributed by atoms with Crippen molar-refractivity contribution in [3.05, 3.63) is 35.7 Å². The van der Waals surface area contributed by atoms with Crippen molar-refractivity contribution >= 4 is 39.6 Å². The Morgan fingerprint density at radius 1 is 1.16 bits per heavy atom. The smallest absolute Gasteiger partial charge is 0.407 e. The molecule has 1 N–H and O–H groups in total. The Labute approximate surface area is 291 Å². The van der Waals surface area contributed by atoms with Crippen LogP contribution in [0.5, 0.6) is 6.01 Å². The number of halogens is 3. The van der Waals surface area contributed by atoms with Gasteiger partial charge >= 0.3 is 12.1 Å². The van der Waals surface area contributed by atoms with Gasteiger partial charge in [0, 0.05) is 61.8 Å². The number of ether oxygens (including phenoxy) is 2. The Morgan fingerprint density at radius 3 is 2.84 bits per heavy atom. The molecule has 15 heteroatoms. The van der Waals surface area contributed by atoms with Crippen molar-refractivity contribution in [3.63, 3.8) is 0 Å². The number of alkyl halides is 1. The summed E-state index contributed by atoms with van der Waals surface area (Å²) in [5, 5.41) is 7.96. The number of rotatable bonds is 3. The highest BCUT2D eigenvalue weighted by molar-refractivity contribution is 6.02. The second-order valence-electron chi connectivity index (χ2n) is 15.3. The van der Waals surface area contributed by atoms with Crippen LogP contribution in [0, 0.1) is 17.6 Å². The van der Waals surface area contributed by atoms with Crippen LogP contribution in [0.2, 0.25) is 0 Å². The fourth-order valence-electron chi connectivity index (χ4n) is 9.20. The molecule has 0 radical (unpaired) electrons. The van der Waals surface area contributed by atoms with Gasteiger partial charge in [0.05, 0.1) is 34.8 Å². The summed E-state index contributed by atoms with van der Waals surface area (Å²) in [6, 6.07) is 1.20. The van der Waals surface area contributed by atoms with E-state index in [9.17, 15) is 14.0 Å². The number of aromatic nitrogens is 5. The maximum absolute atomic E-state index is 17.3. The lowest BCUT2D eigenvalue weighted by molar-refractivity contribution is 0.0926. The highest BCUT2D eigenvalue weighted by atomic mass is 19.1. The van der Waals surface area contributed by atoms with Gasteiger partial charge in [-0.1, -0.05) is 0 Å². The number of pyridine rings is 1. The number of carbonyl (C=O) groups excluding carboxylic acids is 2. The van der Waals surface area contributed by atoms with Gasteiger partial charge in [-0.2, -0.15) is 15.1 Å². The maximum Gasteiger partial charge on any atom is 0.407 e. The van der Waals surface area contributed by atoms with Crippen LogP contribution >= 0.6 is 0 Å². The number of nitrogens with one attached hydrogen (secondary N) is 1. The Hall–Kier alpha value is -4.53. The monoisotopic (exact) mass is 704 g/mol. The Morgan fingerprint density at radius 2 is 2.00 bits per heavy atom. The lowest BCUT2D eigenvalue weighted by atomic mass is 9.91. The summed E-state index contributed by atoms with van der Waals surface area (Å²) < 4.78 is 61.2. The molecule has 3 saturated heterocycles. The topological polar surface area (TPSA) is 128 Å². The highest BCUT2D eigenvalue weighted by Crippen LogP contribution is 2.54. The molecule has 51 heavy (non-hydrogen) atoms. The van der Waals surface area contributed by atoms with Crippen molar-refractivity contribution < 1.29 is 32.2 Å². The summed E-state index contributed by atoms with van der Waals surface area (Å²) in [7, 11) is 0. The third kappa shape index (κ3) is 5.37. The van der Waals surface area contributed by atoms with Crippen molar-refractivity contribution in [2.45, 2.75) is 82.0 Å². The van der Waals surface area contributed by atoms with E-state index in [1.165, 1.54) is 25.4 Å². The van der Waals surface area contributed by atoms with Gasteiger partial charge < -0.3 is 19.7 Å². The fraction of sp³-hybridized carbons (Fsp3) is 0.556. The van der Waals surface area contributed by atoms with Gasteiger partial charge in [-0.05, 0) is 63.8 Å². The van der Waals surface area contributed by atoms with E-state index in [0.29, 0.717) is 68.3 Å². The first-order valence-electron chi connectivity index (χ1n) is 17.8. The van der Waals surface area contributed by atoms with Gasteiger partial charge in [0.15, 0.2) is 5.82 Å². The lowest BCUT2D eigenvalue weighted by Gasteiger charge is -2.41. The molecule has 4 fully saturated rings. The Balaban J connectivity index is 1.24. The molecule has 5 aliphatic heterocycles. The van der Waals surface area contributed by atoms with E-state index in [1.807, 2.05) is 11.8 Å². The van der Waals surface area contributed by atoms with Crippen molar-refractivity contribution in [2.24, 2.45) is 5.92 Å². The predicted molar refractivity (Wildman–Crippen MR) is 181 cm³/mol. The molecule has 1 aliphatic carbocycles. The lowest BCUT2D eigenvalue weighted by Crippen LogP contribution is -2.57. The summed E-state index contributed by atoms with van der Waals surface area (Å²) in [5.41, 5.74) is -0.665. The molecule has 1 aromatic carbocycles. The minimum Gasteiger partial charge on any atom is -0.461 e. The zero-order valence-corrected chi connectivity index (χ0v) is 28.6. The van der Waals surface area contributed by atoms with E-state index in [1.54, 1.807) is 0 Å². The average Bonchev–Trinajstić information content (AvgIpc) is 3.36. The first-order chi connectivity index (χ1) is 24.5. The van der Waals surface area contributed by atoms with Crippen LogP contribution < -0.4 is 15.0 Å². The molecular weight excluding hydrogens is 665 g/mol. The van der Waals surface area contributed by atoms with Crippen LogP contribution in [-0.4, -0.2) is 98.3 Å². The third-order valence-corrected chi connectivity index (χ3v) is 11.7. The first kappa shape index (κ1) is 32.4. The summed E-state index contributed by atoms with van der Waals surface area (Å²) in [5.74, 6) is -1.75. The van der Waals surface area contributed by atoms with Gasteiger partial charge in [-0.15, -0.1) is 0 Å². The number of amides is 1. The normalized spacial score (nSPS) is 29.1. The van der Waals surface area contributed by atoms with Crippen molar-refractivity contribution in [1.82, 2.24) is 34.9 Å². The van der Waals surface area contributed by atoms with Crippen LogP contribution in [0.1, 0.15) is 75.1 Å². The van der Waals surface area contributed by atoms with Gasteiger partial charge in [0.25, 0.3) is 0 Å². The van der Waals surface area contributed by atoms with E-state index in [2.05, 4.69) is 25.3 Å². The van der Waals surface area contributed by atoms with Crippen LogP contribution in [0.4, 0.5) is 23.8 Å². The van der Waals surface area contributed by atoms with E-state index in [-0.39, 0.29) is 58.9 Å². The molecule has 5 atom stereocenters. The zero-order chi connectivity index (χ0) is 35.2. The number of carbonyl (C=O) groups is 2. The molecule has 4 aromatic rings. The molecule has 6 bridgehead atoms. The molecule has 268 valence electrons. The Kier molecular flexibility index (Phi) is 7.46. The highest BCUT2D eigenvalue weighted by Gasteiger charge is 2.49. The van der Waals surface area contributed by atoms with Crippen LogP contribution in [0.25, 0.3) is 33.1 Å². The number of alkyl carbamates (subject to hydrolysis) is 1. The van der Waals surface area contributed by atoms with Crippen molar-refractivity contribution in [1.29, 1.82) is 0 Å². The second kappa shape index (κ2) is 11.8. The molecule has 3 aromatic heterocycles. The first-order valence-corrected chi connectivity index (χ1v) is 17.8. The van der Waals surface area contributed by atoms with Gasteiger partial charge in [-0.25, -0.2) is 22.6 Å². The molecule has 0 spiro atoms. The predicted octanol–water partition coefficient (Wildman–Crippen LogP) is 5.53. The fourth-order valence-corrected chi connectivity index (χ4v) is 9.20. The minimum absolute atomic E-state index is 0.0192. The zero-order valence-electron chi connectivity index (χ0n) is 28.6. The van der Waals surface area contributed by atoms with Gasteiger partial charge in [0.2, 0.25) is 5.91 Å². The molecule has 6 aliphatic rings. The number of hydrogen-bond acceptors (Lipinski definition) is 10. The number of anilines is 1. The van der Waals surface area contributed by atoms with E-state index in [0.717, 1.165) is 24.1 Å². The van der Waals surface area contributed by atoms with Crippen molar-refractivity contribution in [2.75, 3.05) is 44.3 Å². The Bertz CT molecular complexity index is 2110. The van der Waals surface area contributed by atoms with Crippen LogP contribution in [0.15, 0.2) is 18.5 Å². The van der Waals surface area contributed by atoms with Gasteiger partial charge in [-0.3, -0.25) is 14.7 Å². The summed E-state index contributed by atoms with van der Waals surface area (Å²) in [6.07, 6.45) is 5.99. The van der Waals surface area contributed by atoms with E-state index in [4.69, 9.17) is 14.5 Å². The number of benzene rings is 1. The average molecular weight is 705 g/mol. The van der Waals surface area contributed by atoms with Gasteiger partial charge in [0.1, 0.15) is 35.6 Å². The third-order valence-electron chi connectivity index (χ3n) is 11.7. The maximum atomic E-state index is 17.3. The minimum atomic E-state index is -0.954. The largest absolute Gasteiger partial charge is 0.461 e. The summed E-state index contributed by atoms with van der Waals surface area (Å²) in [4.78, 5) is 43.6. The summed E-state index contributed by atoms with van der Waals surface area (Å²) >= 11 is 0. The quantitative estimate of drug-likeness (QED) is 0.291. The standard InChI is InChI=1S/C36H39F3N8O4/c1-19(48)47-26-12-25(38)27-22-11-20(22)5-10-50-34(49)44-35(2)6-3-8-45(17-35)32-24-14-40-31(28(27)23(26)15-41-47)29(39)30(24)42-33(43-32)51-18-36-7-4-9-46(36)16-21(37)13-36/h12,14-15,20-22H,3-11,13,16-18H2,1-2H3,(H,44,49)/t20-,21-,22+,35-,36+/m1/s1. The molecule has 1 saturated carbocycles. The molecule has 10 rings (SSSR count). The van der Waals surface area contributed by atoms with E-state index < -0.39 is 40.9 Å². The molecule has 1 amide bonds. The molecular formula is C36H39F3N8O4. The van der Waals surface area contributed by atoms with E-state index >= 15 is 8.78 Å². The molecule has 8 heterocycles. The number of fused-ring (bicyclic) bond motifs is 7. The summed E-state index contributed by atoms with van der Waals surface area (Å²) in [6.45, 7) is 5.59.